The van der Waals surface area contributed by atoms with E-state index in [2.05, 4.69) is 44.3 Å². The molecule has 1 atom stereocenters. The molecule has 0 aliphatic carbocycles. The van der Waals surface area contributed by atoms with Crippen molar-refractivity contribution in [3.05, 3.63) is 105 Å². The number of rotatable bonds is 8. The molecule has 3 N–H and O–H groups in total. The van der Waals surface area contributed by atoms with Gasteiger partial charge in [0.1, 0.15) is 10.9 Å². The quantitative estimate of drug-likeness (QED) is 0.289. The first-order chi connectivity index (χ1) is 18.6. The highest BCUT2D eigenvalue weighted by Gasteiger charge is 2.11. The van der Waals surface area contributed by atoms with Gasteiger partial charge in [0.15, 0.2) is 0 Å². The van der Waals surface area contributed by atoms with Gasteiger partial charge in [0.25, 0.3) is 5.56 Å². The Bertz CT molecular complexity index is 1490. The Hall–Kier alpha value is -3.98. The van der Waals surface area contributed by atoms with Gasteiger partial charge < -0.3 is 15.6 Å². The average Bonchev–Trinajstić information content (AvgIpc) is 2.92. The Kier molecular flexibility index (Phi) is 10.4. The van der Waals surface area contributed by atoms with Crippen molar-refractivity contribution in [2.24, 2.45) is 17.8 Å². The first kappa shape index (κ1) is 29.6. The van der Waals surface area contributed by atoms with Crippen LogP contribution in [0, 0.1) is 27.7 Å². The van der Waals surface area contributed by atoms with Crippen molar-refractivity contribution < 1.29 is 0 Å². The van der Waals surface area contributed by atoms with E-state index in [-0.39, 0.29) is 11.6 Å². The molecule has 0 saturated carbocycles. The van der Waals surface area contributed by atoms with E-state index in [4.69, 9.17) is 5.73 Å². The summed E-state index contributed by atoms with van der Waals surface area (Å²) in [6, 6.07) is 11.9. The van der Waals surface area contributed by atoms with E-state index in [0.29, 0.717) is 29.2 Å². The fourth-order valence-corrected chi connectivity index (χ4v) is 4.62. The maximum absolute atomic E-state index is 13.2. The summed E-state index contributed by atoms with van der Waals surface area (Å²) >= 11 is 1.61. The minimum atomic E-state index is -0.118. The molecule has 3 heterocycles. The highest BCUT2D eigenvalue weighted by atomic mass is 32.2. The van der Waals surface area contributed by atoms with Gasteiger partial charge in [-0.25, -0.2) is 15.0 Å². The molecule has 8 nitrogen and oxygen atoms in total. The topological polar surface area (TPSA) is 111 Å². The van der Waals surface area contributed by atoms with E-state index in [1.54, 1.807) is 42.0 Å². The smallest absolute Gasteiger partial charge is 0.253 e. The highest BCUT2D eigenvalue weighted by Crippen LogP contribution is 2.27. The summed E-state index contributed by atoms with van der Waals surface area (Å²) in [7, 11) is 1.75. The lowest BCUT2D eigenvalue weighted by atomic mass is 10.1. The van der Waals surface area contributed by atoms with E-state index < -0.39 is 0 Å². The second-order valence-corrected chi connectivity index (χ2v) is 10.2. The summed E-state index contributed by atoms with van der Waals surface area (Å²) in [5, 5.41) is 4.55. The summed E-state index contributed by atoms with van der Waals surface area (Å²) in [5.41, 5.74) is 12.7. The van der Waals surface area contributed by atoms with Crippen LogP contribution in [0.25, 0.3) is 5.57 Å². The molecule has 0 radical (unpaired) electrons. The third kappa shape index (κ3) is 8.00. The Labute approximate surface area is 234 Å². The molecule has 39 heavy (non-hydrogen) atoms. The molecule has 3 rings (SSSR count). The first-order valence-corrected chi connectivity index (χ1v) is 13.9. The van der Waals surface area contributed by atoms with E-state index in [0.717, 1.165) is 33.1 Å². The minimum Gasteiger partial charge on any atom is -0.404 e. The van der Waals surface area contributed by atoms with Crippen LogP contribution in [0.5, 0.6) is 0 Å². The van der Waals surface area contributed by atoms with Crippen LogP contribution >= 0.6 is 11.8 Å². The molecule has 3 aromatic heterocycles. The molecule has 0 spiro atoms. The number of aliphatic imine (C=N–C) groups is 1. The number of aryl methyl sites for hydroxylation is 4. The van der Waals surface area contributed by atoms with E-state index in [1.807, 2.05) is 58.2 Å². The molecule has 0 aromatic carbocycles. The SMILES string of the molecule is CSc1nc(C)ccc1N[C@H](C)c1ccc(/C(C=NCc2cnc(C)nc2)=C/N)n(C)c(=O)c(C)cc(C)c1. The van der Waals surface area contributed by atoms with Crippen LogP contribution in [0.4, 0.5) is 5.69 Å². The number of nitrogens with zero attached hydrogens (tertiary/aromatic N) is 5. The Morgan fingerprint density at radius 1 is 1.13 bits per heavy atom. The molecule has 0 aliphatic heterocycles. The number of anilines is 1. The number of allylic oxidation sites excluding steroid dienone is 1. The third-order valence-electron chi connectivity index (χ3n) is 6.15. The summed E-state index contributed by atoms with van der Waals surface area (Å²) in [6.45, 7) is 10.1. The number of hydrogen-bond donors (Lipinski definition) is 2. The van der Waals surface area contributed by atoms with E-state index >= 15 is 0 Å². The van der Waals surface area contributed by atoms with Crippen LogP contribution in [-0.2, 0) is 13.6 Å². The maximum atomic E-state index is 13.2. The summed E-state index contributed by atoms with van der Waals surface area (Å²) < 4.78 is 1.60. The van der Waals surface area contributed by atoms with Gasteiger partial charge >= 0.3 is 0 Å². The van der Waals surface area contributed by atoms with Crippen LogP contribution in [0.3, 0.4) is 0 Å². The monoisotopic (exact) mass is 543 g/mol. The molecule has 0 amide bonds. The van der Waals surface area contributed by atoms with Crippen LogP contribution in [0.1, 0.15) is 52.4 Å². The van der Waals surface area contributed by atoms with Crippen molar-refractivity contribution >= 4 is 29.2 Å². The molecule has 0 bridgehead atoms. The lowest BCUT2D eigenvalue weighted by Gasteiger charge is -2.18. The first-order valence-electron chi connectivity index (χ1n) is 12.7. The molecule has 0 aliphatic rings. The Morgan fingerprint density at radius 2 is 1.85 bits per heavy atom. The number of hydrogen-bond acceptors (Lipinski definition) is 8. The zero-order valence-electron chi connectivity index (χ0n) is 23.7. The standard InChI is InChI=1S/C30H37N7OS/c1-19-12-20(2)30(38)37(6)28(26(14-31)18-32-15-24-16-33-23(5)34-17-24)11-9-25(13-19)22(4)36-27-10-8-21(3)35-29(27)39-7/h8-14,16-18,22,36H,15,31H2,1-7H3/b19-13?,20-12?,25-9?,26-14+,28-11?,32-18?/t22-/m1/s1. The zero-order chi connectivity index (χ0) is 28.5. The van der Waals surface area contributed by atoms with Crippen molar-refractivity contribution in [2.45, 2.75) is 52.2 Å². The molecular weight excluding hydrogens is 506 g/mol. The number of thioether (sulfide) groups is 1. The predicted octanol–water partition coefficient (Wildman–Crippen LogP) is 5.39. The second kappa shape index (κ2) is 13.7. The van der Waals surface area contributed by atoms with Crippen LogP contribution in [-0.4, -0.2) is 32.0 Å². The molecule has 9 heteroatoms. The fourth-order valence-electron chi connectivity index (χ4n) is 4.04. The lowest BCUT2D eigenvalue weighted by molar-refractivity contribution is 0.838. The zero-order valence-corrected chi connectivity index (χ0v) is 24.5. The van der Waals surface area contributed by atoms with Crippen molar-refractivity contribution in [1.29, 1.82) is 0 Å². The van der Waals surface area contributed by atoms with Crippen molar-refractivity contribution in [2.75, 3.05) is 11.6 Å². The Balaban J connectivity index is 2.07. The number of pyridine rings is 1. The van der Waals surface area contributed by atoms with Gasteiger partial charge in [0, 0.05) is 60.3 Å². The minimum absolute atomic E-state index is 0.0393. The number of aromatic nitrogens is 4. The van der Waals surface area contributed by atoms with Crippen LogP contribution in [0.2, 0.25) is 0 Å². The molecule has 0 fully saturated rings. The molecular formula is C30H37N7OS. The van der Waals surface area contributed by atoms with Crippen molar-refractivity contribution in [3.8, 4) is 0 Å². The molecule has 0 unspecified atom stereocenters. The van der Waals surface area contributed by atoms with Crippen molar-refractivity contribution in [1.82, 2.24) is 19.5 Å². The normalized spacial score (nSPS) is 12.3. The average molecular weight is 544 g/mol. The third-order valence-corrected chi connectivity index (χ3v) is 6.85. The van der Waals surface area contributed by atoms with Gasteiger partial charge in [-0.15, -0.1) is 11.8 Å². The van der Waals surface area contributed by atoms with Gasteiger partial charge in [-0.05, 0) is 64.6 Å². The molecule has 0 saturated heterocycles. The van der Waals surface area contributed by atoms with E-state index in [9.17, 15) is 4.79 Å². The van der Waals surface area contributed by atoms with Crippen LogP contribution in [0.15, 0.2) is 69.8 Å². The summed E-state index contributed by atoms with van der Waals surface area (Å²) in [6.07, 6.45) is 8.67. The van der Waals surface area contributed by atoms with Crippen LogP contribution < -0.4 is 16.6 Å². The van der Waals surface area contributed by atoms with Gasteiger partial charge in [0.2, 0.25) is 0 Å². The lowest BCUT2D eigenvalue weighted by Crippen LogP contribution is -2.20. The van der Waals surface area contributed by atoms with Gasteiger partial charge in [0.05, 0.1) is 17.9 Å². The number of nitrogens with two attached hydrogens (primary N) is 1. The highest BCUT2D eigenvalue weighted by molar-refractivity contribution is 7.98. The Morgan fingerprint density at radius 3 is 2.51 bits per heavy atom. The van der Waals surface area contributed by atoms with Gasteiger partial charge in [-0.1, -0.05) is 23.8 Å². The maximum Gasteiger partial charge on any atom is 0.253 e. The second-order valence-electron chi connectivity index (χ2n) is 9.40. The largest absolute Gasteiger partial charge is 0.404 e. The van der Waals surface area contributed by atoms with E-state index in [1.165, 1.54) is 6.20 Å². The molecule has 3 aromatic rings. The van der Waals surface area contributed by atoms with Gasteiger partial charge in [-0.2, -0.15) is 0 Å². The predicted molar refractivity (Wildman–Crippen MR) is 163 cm³/mol. The summed E-state index contributed by atoms with van der Waals surface area (Å²) in [5.74, 6) is 0.708. The fraction of sp³-hybridized carbons (Fsp3) is 0.300. The van der Waals surface area contributed by atoms with Gasteiger partial charge in [-0.3, -0.25) is 9.79 Å². The molecule has 204 valence electrons. The number of nitrogens with one attached hydrogen (secondary N) is 1. The summed E-state index contributed by atoms with van der Waals surface area (Å²) in [4.78, 5) is 30.9. The van der Waals surface area contributed by atoms with Crippen molar-refractivity contribution in [3.63, 3.8) is 0 Å².